The van der Waals surface area contributed by atoms with Crippen LogP contribution in [0.2, 0.25) is 4.34 Å². The summed E-state index contributed by atoms with van der Waals surface area (Å²) in [4.78, 5) is 11.0. The van der Waals surface area contributed by atoms with Crippen LogP contribution in [0.4, 0.5) is 0 Å². The number of thiophene rings is 1. The van der Waals surface area contributed by atoms with Crippen LogP contribution in [0, 0.1) is 0 Å². The molecule has 0 atom stereocenters. The molecule has 2 aromatic rings. The molecule has 2 aromatic heterocycles. The molecule has 1 aliphatic heterocycles. The highest BCUT2D eigenvalue weighted by Crippen LogP contribution is 2.29. The molecule has 1 amide bonds. The van der Waals surface area contributed by atoms with Crippen LogP contribution in [-0.2, 0) is 34.5 Å². The molecule has 124 valence electrons. The minimum Gasteiger partial charge on any atom is -0.351 e. The number of carbonyl (C=O) groups is 1. The van der Waals surface area contributed by atoms with Gasteiger partial charge < -0.3 is 5.32 Å². The van der Waals surface area contributed by atoms with Crippen molar-refractivity contribution in [1.29, 1.82) is 0 Å². The Bertz CT molecular complexity index is 843. The molecule has 1 aliphatic rings. The third-order valence-electron chi connectivity index (χ3n) is 3.47. The fraction of sp³-hybridized carbons (Fsp3) is 0.385. The first-order chi connectivity index (χ1) is 10.9. The molecular weight excluding hydrogens is 360 g/mol. The number of aromatic nitrogens is 2. The van der Waals surface area contributed by atoms with E-state index in [9.17, 15) is 13.2 Å². The number of hydrogen-bond acceptors (Lipinski definition) is 5. The summed E-state index contributed by atoms with van der Waals surface area (Å²) in [6, 6.07) is 4.92. The van der Waals surface area contributed by atoms with Gasteiger partial charge in [0.1, 0.15) is 4.21 Å². The lowest BCUT2D eigenvalue weighted by Gasteiger charge is -2.26. The third-order valence-corrected chi connectivity index (χ3v) is 7.02. The second kappa shape index (κ2) is 6.23. The molecule has 10 heteroatoms. The van der Waals surface area contributed by atoms with Crippen molar-refractivity contribution in [3.63, 3.8) is 0 Å². The first-order valence-electron chi connectivity index (χ1n) is 6.92. The molecular formula is C13H15ClN4O3S2. The number of nitrogens with one attached hydrogen (secondary N) is 1. The van der Waals surface area contributed by atoms with Crippen molar-refractivity contribution < 1.29 is 13.2 Å². The van der Waals surface area contributed by atoms with E-state index in [-0.39, 0.29) is 16.7 Å². The van der Waals surface area contributed by atoms with Crippen molar-refractivity contribution in [3.8, 4) is 0 Å². The summed E-state index contributed by atoms with van der Waals surface area (Å²) in [5.41, 5.74) is 1.52. The Labute approximate surface area is 142 Å². The van der Waals surface area contributed by atoms with Crippen molar-refractivity contribution in [3.05, 3.63) is 33.9 Å². The highest BCUT2D eigenvalue weighted by Gasteiger charge is 2.30. The van der Waals surface area contributed by atoms with Crippen LogP contribution in [-0.4, -0.2) is 35.0 Å². The summed E-state index contributed by atoms with van der Waals surface area (Å²) in [5, 5.41) is 7.06. The average molecular weight is 375 g/mol. The third kappa shape index (κ3) is 3.42. The Morgan fingerprint density at radius 3 is 2.87 bits per heavy atom. The van der Waals surface area contributed by atoms with E-state index in [1.807, 2.05) is 6.07 Å². The maximum absolute atomic E-state index is 12.6. The monoisotopic (exact) mass is 374 g/mol. The van der Waals surface area contributed by atoms with E-state index >= 15 is 0 Å². The molecule has 0 fully saturated rings. The molecule has 7 nitrogen and oxygen atoms in total. The van der Waals surface area contributed by atoms with Gasteiger partial charge in [-0.05, 0) is 18.2 Å². The van der Waals surface area contributed by atoms with E-state index in [4.69, 9.17) is 11.6 Å². The number of amides is 1. The van der Waals surface area contributed by atoms with Gasteiger partial charge in [-0.1, -0.05) is 11.6 Å². The summed E-state index contributed by atoms with van der Waals surface area (Å²) in [6.45, 7) is 2.86. The van der Waals surface area contributed by atoms with E-state index in [1.54, 1.807) is 10.7 Å². The zero-order valence-electron chi connectivity index (χ0n) is 12.3. The Hall–Kier alpha value is -1.42. The molecule has 0 spiro atoms. The summed E-state index contributed by atoms with van der Waals surface area (Å²) in [7, 11) is -3.54. The quantitative estimate of drug-likeness (QED) is 0.877. The number of sulfonamides is 1. The lowest BCUT2D eigenvalue weighted by molar-refractivity contribution is -0.119. The van der Waals surface area contributed by atoms with E-state index in [2.05, 4.69) is 10.4 Å². The Morgan fingerprint density at radius 1 is 1.43 bits per heavy atom. The molecule has 0 unspecified atom stereocenters. The fourth-order valence-corrected chi connectivity index (χ4v) is 5.41. The predicted molar refractivity (Wildman–Crippen MR) is 86.7 cm³/mol. The highest BCUT2D eigenvalue weighted by molar-refractivity contribution is 7.91. The van der Waals surface area contributed by atoms with Crippen molar-refractivity contribution >= 4 is 38.9 Å². The van der Waals surface area contributed by atoms with Gasteiger partial charge in [-0.15, -0.1) is 11.3 Å². The molecule has 0 radical (unpaired) electrons. The zero-order valence-corrected chi connectivity index (χ0v) is 14.7. The summed E-state index contributed by atoms with van der Waals surface area (Å²) < 4.78 is 29.1. The zero-order chi connectivity index (χ0) is 16.6. The van der Waals surface area contributed by atoms with Gasteiger partial charge in [0.05, 0.1) is 35.4 Å². The second-order valence-electron chi connectivity index (χ2n) is 5.16. The number of fused-ring (bicyclic) bond motifs is 1. The Balaban J connectivity index is 1.78. The first-order valence-corrected chi connectivity index (χ1v) is 9.55. The van der Waals surface area contributed by atoms with Crippen LogP contribution in [0.5, 0.6) is 0 Å². The molecule has 0 saturated carbocycles. The van der Waals surface area contributed by atoms with Crippen molar-refractivity contribution in [2.75, 3.05) is 6.54 Å². The smallest absolute Gasteiger partial charge is 0.253 e. The lowest BCUT2D eigenvalue weighted by Crippen LogP contribution is -2.38. The molecule has 3 heterocycles. The minimum absolute atomic E-state index is 0.130. The van der Waals surface area contributed by atoms with Crippen molar-refractivity contribution in [1.82, 2.24) is 19.4 Å². The molecule has 0 aliphatic carbocycles. The number of nitrogens with zero attached hydrogens (tertiary/aromatic N) is 3. The van der Waals surface area contributed by atoms with Crippen LogP contribution < -0.4 is 5.32 Å². The fourth-order valence-electron chi connectivity index (χ4n) is 2.37. The van der Waals surface area contributed by atoms with Gasteiger partial charge >= 0.3 is 0 Å². The normalized spacial score (nSPS) is 15.4. The summed E-state index contributed by atoms with van der Waals surface area (Å²) in [5.74, 6) is -0.130. The van der Waals surface area contributed by atoms with E-state index in [0.29, 0.717) is 29.7 Å². The van der Waals surface area contributed by atoms with Gasteiger partial charge in [-0.3, -0.25) is 9.48 Å². The largest absolute Gasteiger partial charge is 0.351 e. The van der Waals surface area contributed by atoms with Crippen LogP contribution in [0.25, 0.3) is 0 Å². The standard InChI is InChI=1S/C13H15ClN4O3S2/c1-9(19)15-7-10-6-11-8-17(4-5-18(11)16-10)23(20,21)13-3-2-12(14)22-13/h2-3,6H,4-5,7-8H2,1H3,(H,15,19). The maximum atomic E-state index is 12.6. The topological polar surface area (TPSA) is 84.3 Å². The molecule has 3 rings (SSSR count). The van der Waals surface area contributed by atoms with Gasteiger partial charge in [-0.25, -0.2) is 8.42 Å². The van der Waals surface area contributed by atoms with E-state index in [0.717, 1.165) is 17.0 Å². The van der Waals surface area contributed by atoms with Crippen LogP contribution >= 0.6 is 22.9 Å². The van der Waals surface area contributed by atoms with Gasteiger partial charge in [-0.2, -0.15) is 9.40 Å². The number of rotatable bonds is 4. The molecule has 0 saturated heterocycles. The van der Waals surface area contributed by atoms with Crippen molar-refractivity contribution in [2.45, 2.75) is 30.8 Å². The molecule has 23 heavy (non-hydrogen) atoms. The summed E-state index contributed by atoms with van der Waals surface area (Å²) in [6.07, 6.45) is 0. The molecule has 0 bridgehead atoms. The minimum atomic E-state index is -3.54. The number of hydrogen-bond donors (Lipinski definition) is 1. The van der Waals surface area contributed by atoms with Crippen molar-refractivity contribution in [2.24, 2.45) is 0 Å². The molecule has 1 N–H and O–H groups in total. The first kappa shape index (κ1) is 16.4. The highest BCUT2D eigenvalue weighted by atomic mass is 35.5. The van der Waals surface area contributed by atoms with E-state index in [1.165, 1.54) is 17.3 Å². The summed E-state index contributed by atoms with van der Waals surface area (Å²) >= 11 is 6.89. The van der Waals surface area contributed by atoms with Gasteiger partial charge in [0.25, 0.3) is 10.0 Å². The van der Waals surface area contributed by atoms with E-state index < -0.39 is 10.0 Å². The Kier molecular flexibility index (Phi) is 4.45. The Morgan fingerprint density at radius 2 is 2.22 bits per heavy atom. The van der Waals surface area contributed by atoms with Crippen LogP contribution in [0.3, 0.4) is 0 Å². The number of halogens is 1. The SMILES string of the molecule is CC(=O)NCc1cc2n(n1)CCN(S(=O)(=O)c1ccc(Cl)s1)C2. The predicted octanol–water partition coefficient (Wildman–Crippen LogP) is 1.44. The van der Waals surface area contributed by atoms with Gasteiger partial charge in [0.2, 0.25) is 5.91 Å². The number of carbonyl (C=O) groups excluding carboxylic acids is 1. The second-order valence-corrected chi connectivity index (χ2v) is 9.04. The van der Waals surface area contributed by atoms with Gasteiger partial charge in [0, 0.05) is 13.5 Å². The lowest BCUT2D eigenvalue weighted by atomic mass is 10.3. The average Bonchev–Trinajstić information content (AvgIpc) is 3.10. The van der Waals surface area contributed by atoms with Gasteiger partial charge in [0.15, 0.2) is 0 Å². The van der Waals surface area contributed by atoms with Crippen LogP contribution in [0.1, 0.15) is 18.3 Å². The van der Waals surface area contributed by atoms with Crippen LogP contribution in [0.15, 0.2) is 22.4 Å². The maximum Gasteiger partial charge on any atom is 0.253 e. The molecule has 0 aromatic carbocycles.